The molecule has 0 radical (unpaired) electrons. The lowest BCUT2D eigenvalue weighted by molar-refractivity contribution is 0.0950. The van der Waals surface area contributed by atoms with Crippen LogP contribution in [0.5, 0.6) is 0 Å². The Morgan fingerprint density at radius 1 is 1.16 bits per heavy atom. The maximum Gasteiger partial charge on any atom is 0.251 e. The first-order valence-electron chi connectivity index (χ1n) is 10.3. The number of nitrogens with zero attached hydrogens (tertiary/aromatic N) is 3. The fourth-order valence-electron chi connectivity index (χ4n) is 3.41. The minimum atomic E-state index is -0.136. The van der Waals surface area contributed by atoms with Crippen molar-refractivity contribution in [2.75, 3.05) is 0 Å². The third-order valence-corrected chi connectivity index (χ3v) is 5.08. The molecule has 0 fully saturated rings. The molecular weight excluding hydrogens is 384 g/mol. The standard InChI is InChI=1S/C26H24N4O/c1-30-18-25(29-19-30)17-28-26(31)23-12-11-21(13-14-24-8-5-15-27-24)22(16-23)10-9-20-6-3-2-4-7-20/h2-8,11-12,15-16,18-19,24H,13-14,17H2,1H3,(H,28,31). The number of benzene rings is 2. The summed E-state index contributed by atoms with van der Waals surface area (Å²) in [5.41, 5.74) is 4.36. The van der Waals surface area contributed by atoms with Gasteiger partial charge in [0, 0.05) is 36.1 Å². The summed E-state index contributed by atoms with van der Waals surface area (Å²) in [6, 6.07) is 15.8. The lowest BCUT2D eigenvalue weighted by Crippen LogP contribution is -2.23. The Balaban J connectivity index is 1.53. The lowest BCUT2D eigenvalue weighted by Gasteiger charge is -2.10. The predicted molar refractivity (Wildman–Crippen MR) is 123 cm³/mol. The number of hydrogen-bond donors (Lipinski definition) is 1. The molecule has 0 spiro atoms. The van der Waals surface area contributed by atoms with E-state index in [0.717, 1.165) is 35.2 Å². The molecule has 0 saturated carbocycles. The molecule has 1 aliphatic rings. The number of imidazole rings is 1. The van der Waals surface area contributed by atoms with E-state index >= 15 is 0 Å². The first-order chi connectivity index (χ1) is 15.2. The maximum absolute atomic E-state index is 12.7. The van der Waals surface area contributed by atoms with Gasteiger partial charge in [0.05, 0.1) is 24.6 Å². The molecule has 1 aliphatic heterocycles. The molecule has 5 heteroatoms. The predicted octanol–water partition coefficient (Wildman–Crippen LogP) is 3.69. The molecule has 2 heterocycles. The number of nitrogens with one attached hydrogen (secondary N) is 1. The van der Waals surface area contributed by atoms with Crippen LogP contribution in [-0.2, 0) is 20.0 Å². The van der Waals surface area contributed by atoms with Gasteiger partial charge in [-0.2, -0.15) is 0 Å². The molecule has 1 N–H and O–H groups in total. The van der Waals surface area contributed by atoms with Crippen LogP contribution >= 0.6 is 0 Å². The largest absolute Gasteiger partial charge is 0.346 e. The number of aliphatic imine (C=N–C) groups is 1. The quantitative estimate of drug-likeness (QED) is 0.633. The lowest BCUT2D eigenvalue weighted by atomic mass is 9.97. The number of aromatic nitrogens is 2. The van der Waals surface area contributed by atoms with Gasteiger partial charge in [0.1, 0.15) is 0 Å². The van der Waals surface area contributed by atoms with Crippen molar-refractivity contribution in [3.63, 3.8) is 0 Å². The first-order valence-corrected chi connectivity index (χ1v) is 10.3. The molecule has 1 aromatic heterocycles. The van der Waals surface area contributed by atoms with Gasteiger partial charge < -0.3 is 9.88 Å². The highest BCUT2D eigenvalue weighted by Gasteiger charge is 2.12. The van der Waals surface area contributed by atoms with E-state index in [9.17, 15) is 4.79 Å². The van der Waals surface area contributed by atoms with Crippen molar-refractivity contribution in [2.24, 2.45) is 12.0 Å². The highest BCUT2D eigenvalue weighted by molar-refractivity contribution is 5.94. The Bertz CT molecular complexity index is 1170. The Hall–Kier alpha value is -3.91. The van der Waals surface area contributed by atoms with Gasteiger partial charge >= 0.3 is 0 Å². The summed E-state index contributed by atoms with van der Waals surface area (Å²) in [6.45, 7) is 0.387. The smallest absolute Gasteiger partial charge is 0.251 e. The van der Waals surface area contributed by atoms with E-state index in [-0.39, 0.29) is 11.9 Å². The summed E-state index contributed by atoms with van der Waals surface area (Å²) in [6.07, 6.45) is 11.3. The van der Waals surface area contributed by atoms with Gasteiger partial charge in [-0.25, -0.2) is 4.98 Å². The number of allylic oxidation sites excluding steroid dienone is 1. The third-order valence-electron chi connectivity index (χ3n) is 5.08. The summed E-state index contributed by atoms with van der Waals surface area (Å²) < 4.78 is 1.86. The second kappa shape index (κ2) is 9.73. The van der Waals surface area contributed by atoms with Crippen LogP contribution in [0, 0.1) is 11.8 Å². The van der Waals surface area contributed by atoms with Crippen LogP contribution in [0.1, 0.15) is 39.2 Å². The van der Waals surface area contributed by atoms with Crippen LogP contribution in [0.2, 0.25) is 0 Å². The van der Waals surface area contributed by atoms with Gasteiger partial charge in [-0.3, -0.25) is 9.79 Å². The molecule has 5 nitrogen and oxygen atoms in total. The van der Waals surface area contributed by atoms with Crippen molar-refractivity contribution in [1.29, 1.82) is 0 Å². The molecule has 1 atom stereocenters. The van der Waals surface area contributed by atoms with Gasteiger partial charge in [0.2, 0.25) is 0 Å². The second-order valence-electron chi connectivity index (χ2n) is 7.49. The Morgan fingerprint density at radius 2 is 2.03 bits per heavy atom. The number of carbonyl (C=O) groups is 1. The highest BCUT2D eigenvalue weighted by atomic mass is 16.1. The summed E-state index contributed by atoms with van der Waals surface area (Å²) in [7, 11) is 1.90. The van der Waals surface area contributed by atoms with Gasteiger partial charge in [0.15, 0.2) is 0 Å². The molecule has 1 unspecified atom stereocenters. The third kappa shape index (κ3) is 5.58. The average molecular weight is 409 g/mol. The van der Waals surface area contributed by atoms with Crippen LogP contribution in [0.25, 0.3) is 0 Å². The van der Waals surface area contributed by atoms with E-state index < -0.39 is 0 Å². The molecule has 4 rings (SSSR count). The van der Waals surface area contributed by atoms with Crippen molar-refractivity contribution < 1.29 is 4.79 Å². The minimum absolute atomic E-state index is 0.136. The monoisotopic (exact) mass is 408 g/mol. The zero-order valence-corrected chi connectivity index (χ0v) is 17.5. The Morgan fingerprint density at radius 3 is 2.77 bits per heavy atom. The summed E-state index contributed by atoms with van der Waals surface area (Å²) in [4.78, 5) is 21.4. The number of hydrogen-bond acceptors (Lipinski definition) is 3. The van der Waals surface area contributed by atoms with Crippen LogP contribution in [-0.4, -0.2) is 27.7 Å². The van der Waals surface area contributed by atoms with E-state index in [1.807, 2.05) is 78.6 Å². The number of amides is 1. The molecule has 1 amide bonds. The molecule has 0 aliphatic carbocycles. The highest BCUT2D eigenvalue weighted by Crippen LogP contribution is 2.17. The zero-order chi connectivity index (χ0) is 21.5. The topological polar surface area (TPSA) is 59.3 Å². The SMILES string of the molecule is Cn1cnc(CNC(=O)c2ccc(CCC3C=CC=N3)c(C#Cc3ccccc3)c2)c1. The zero-order valence-electron chi connectivity index (χ0n) is 17.5. The maximum atomic E-state index is 12.7. The molecule has 154 valence electrons. The van der Waals surface area contributed by atoms with Crippen molar-refractivity contribution in [1.82, 2.24) is 14.9 Å². The van der Waals surface area contributed by atoms with Gasteiger partial charge in [-0.1, -0.05) is 42.2 Å². The van der Waals surface area contributed by atoms with Gasteiger partial charge in [0.25, 0.3) is 5.91 Å². The molecule has 3 aromatic rings. The number of rotatable bonds is 6. The number of aryl methyl sites for hydroxylation is 2. The van der Waals surface area contributed by atoms with Gasteiger partial charge in [-0.15, -0.1) is 0 Å². The molecule has 31 heavy (non-hydrogen) atoms. The Kier molecular flexibility index (Phi) is 6.39. The fourth-order valence-corrected chi connectivity index (χ4v) is 3.41. The normalized spacial score (nSPS) is 14.3. The van der Waals surface area contributed by atoms with Gasteiger partial charge in [-0.05, 0) is 48.7 Å². The van der Waals surface area contributed by atoms with Crippen molar-refractivity contribution in [3.8, 4) is 11.8 Å². The first kappa shape index (κ1) is 20.4. The summed E-state index contributed by atoms with van der Waals surface area (Å²) in [5.74, 6) is 6.36. The minimum Gasteiger partial charge on any atom is -0.346 e. The van der Waals surface area contributed by atoms with E-state index in [4.69, 9.17) is 0 Å². The van der Waals surface area contributed by atoms with E-state index in [1.165, 1.54) is 0 Å². The van der Waals surface area contributed by atoms with E-state index in [1.54, 1.807) is 6.33 Å². The fraction of sp³-hybridized carbons (Fsp3) is 0.192. The van der Waals surface area contributed by atoms with Crippen LogP contribution < -0.4 is 5.32 Å². The Labute approximate surface area is 182 Å². The van der Waals surface area contributed by atoms with Crippen LogP contribution in [0.15, 0.2) is 78.2 Å². The van der Waals surface area contributed by atoms with Crippen LogP contribution in [0.4, 0.5) is 0 Å². The molecule has 0 bridgehead atoms. The summed E-state index contributed by atoms with van der Waals surface area (Å²) >= 11 is 0. The van der Waals surface area contributed by atoms with E-state index in [2.05, 4.69) is 33.2 Å². The molecule has 2 aromatic carbocycles. The second-order valence-corrected chi connectivity index (χ2v) is 7.49. The van der Waals surface area contributed by atoms with E-state index in [0.29, 0.717) is 12.1 Å². The van der Waals surface area contributed by atoms with Crippen molar-refractivity contribution in [3.05, 3.63) is 101 Å². The van der Waals surface area contributed by atoms with Crippen LogP contribution in [0.3, 0.4) is 0 Å². The number of carbonyl (C=O) groups excluding carboxylic acids is 1. The molecular formula is C26H24N4O. The molecule has 0 saturated heterocycles. The summed E-state index contributed by atoms with van der Waals surface area (Å²) in [5, 5.41) is 2.93. The van der Waals surface area contributed by atoms with Crippen molar-refractivity contribution >= 4 is 12.1 Å². The average Bonchev–Trinajstić information content (AvgIpc) is 3.47. The van der Waals surface area contributed by atoms with Crippen molar-refractivity contribution in [2.45, 2.75) is 25.4 Å².